The van der Waals surface area contributed by atoms with Crippen molar-refractivity contribution in [2.45, 2.75) is 45.4 Å². The van der Waals surface area contributed by atoms with Crippen molar-refractivity contribution in [2.75, 3.05) is 13.2 Å². The molecule has 0 amide bonds. The predicted molar refractivity (Wildman–Crippen MR) is 88.8 cm³/mol. The summed E-state index contributed by atoms with van der Waals surface area (Å²) in [5.74, 6) is 0. The molecule has 118 valence electrons. The van der Waals surface area contributed by atoms with Crippen molar-refractivity contribution in [3.63, 3.8) is 0 Å². The molecule has 2 aromatic heterocycles. The minimum Gasteiger partial charge on any atom is -0.377 e. The van der Waals surface area contributed by atoms with E-state index >= 15 is 0 Å². The zero-order chi connectivity index (χ0) is 15.2. The maximum absolute atomic E-state index is 5.81. The molecular weight excluding hydrogens is 294 g/mol. The SMILES string of the molecule is CCc1nc(CN(Cc2ccncc2)CC2CCCO2)cs1. The van der Waals surface area contributed by atoms with Gasteiger partial charge in [0.05, 0.1) is 16.8 Å². The van der Waals surface area contributed by atoms with E-state index in [0.717, 1.165) is 32.7 Å². The number of aryl methyl sites for hydroxylation is 1. The summed E-state index contributed by atoms with van der Waals surface area (Å²) in [4.78, 5) is 11.3. The maximum Gasteiger partial charge on any atom is 0.0926 e. The van der Waals surface area contributed by atoms with E-state index in [4.69, 9.17) is 9.72 Å². The predicted octanol–water partition coefficient (Wildman–Crippen LogP) is 3.28. The van der Waals surface area contributed by atoms with Crippen molar-refractivity contribution in [1.29, 1.82) is 0 Å². The third kappa shape index (κ3) is 4.35. The number of thiazole rings is 1. The van der Waals surface area contributed by atoms with Crippen molar-refractivity contribution in [3.8, 4) is 0 Å². The van der Waals surface area contributed by atoms with Gasteiger partial charge in [-0.15, -0.1) is 11.3 Å². The molecule has 5 heteroatoms. The highest BCUT2D eigenvalue weighted by molar-refractivity contribution is 7.09. The van der Waals surface area contributed by atoms with Crippen LogP contribution in [0.5, 0.6) is 0 Å². The molecule has 2 aromatic rings. The van der Waals surface area contributed by atoms with E-state index in [1.54, 1.807) is 11.3 Å². The van der Waals surface area contributed by atoms with Crippen LogP contribution in [-0.4, -0.2) is 34.1 Å². The van der Waals surface area contributed by atoms with E-state index in [-0.39, 0.29) is 0 Å². The first-order chi connectivity index (χ1) is 10.8. The van der Waals surface area contributed by atoms with E-state index in [9.17, 15) is 0 Å². The standard InChI is InChI=1S/C17H23N3OS/c1-2-17-19-15(13-22-17)11-20(12-16-4-3-9-21-16)10-14-5-7-18-8-6-14/h5-8,13,16H,2-4,9-12H2,1H3. The zero-order valence-corrected chi connectivity index (χ0v) is 13.9. The summed E-state index contributed by atoms with van der Waals surface area (Å²) in [6.07, 6.45) is 7.45. The average molecular weight is 317 g/mol. The molecule has 3 heterocycles. The molecule has 1 aliphatic rings. The second-order valence-electron chi connectivity index (χ2n) is 5.75. The summed E-state index contributed by atoms with van der Waals surface area (Å²) in [6, 6.07) is 4.17. The van der Waals surface area contributed by atoms with E-state index in [0.29, 0.717) is 6.10 Å². The lowest BCUT2D eigenvalue weighted by atomic mass is 10.2. The van der Waals surface area contributed by atoms with Gasteiger partial charge in [-0.1, -0.05) is 6.92 Å². The van der Waals surface area contributed by atoms with Crippen LogP contribution in [0, 0.1) is 0 Å². The van der Waals surface area contributed by atoms with Crippen molar-refractivity contribution >= 4 is 11.3 Å². The monoisotopic (exact) mass is 317 g/mol. The molecule has 0 spiro atoms. The molecule has 0 N–H and O–H groups in total. The number of hydrogen-bond acceptors (Lipinski definition) is 5. The number of pyridine rings is 1. The van der Waals surface area contributed by atoms with Crippen LogP contribution < -0.4 is 0 Å². The zero-order valence-electron chi connectivity index (χ0n) is 13.1. The minimum atomic E-state index is 0.367. The molecule has 0 aliphatic carbocycles. The molecule has 4 nitrogen and oxygen atoms in total. The van der Waals surface area contributed by atoms with E-state index in [1.807, 2.05) is 12.4 Å². The van der Waals surface area contributed by atoms with Gasteiger partial charge in [0.25, 0.3) is 0 Å². The molecular formula is C17H23N3OS. The minimum absolute atomic E-state index is 0.367. The summed E-state index contributed by atoms with van der Waals surface area (Å²) < 4.78 is 5.81. The molecule has 1 fully saturated rings. The Kier molecular flexibility index (Phi) is 5.53. The molecule has 0 bridgehead atoms. The quantitative estimate of drug-likeness (QED) is 0.785. The topological polar surface area (TPSA) is 38.2 Å². The summed E-state index contributed by atoms with van der Waals surface area (Å²) in [6.45, 7) is 5.84. The number of nitrogens with zero attached hydrogens (tertiary/aromatic N) is 3. The molecule has 22 heavy (non-hydrogen) atoms. The largest absolute Gasteiger partial charge is 0.377 e. The van der Waals surface area contributed by atoms with Gasteiger partial charge >= 0.3 is 0 Å². The van der Waals surface area contributed by atoms with Crippen LogP contribution >= 0.6 is 11.3 Å². The summed E-state index contributed by atoms with van der Waals surface area (Å²) in [5, 5.41) is 3.41. The molecule has 0 radical (unpaired) electrons. The van der Waals surface area contributed by atoms with Gasteiger partial charge in [0.1, 0.15) is 0 Å². The number of hydrogen-bond donors (Lipinski definition) is 0. The Labute approximate surface area is 136 Å². The second kappa shape index (κ2) is 7.81. The smallest absolute Gasteiger partial charge is 0.0926 e. The maximum atomic E-state index is 5.81. The van der Waals surface area contributed by atoms with Crippen molar-refractivity contribution < 1.29 is 4.74 Å². The Balaban J connectivity index is 1.67. The van der Waals surface area contributed by atoms with Crippen LogP contribution in [0.4, 0.5) is 0 Å². The Morgan fingerprint density at radius 1 is 1.32 bits per heavy atom. The van der Waals surface area contributed by atoms with Gasteiger partial charge in [-0.05, 0) is 37.0 Å². The lowest BCUT2D eigenvalue weighted by Gasteiger charge is -2.24. The first-order valence-electron chi connectivity index (χ1n) is 7.99. The van der Waals surface area contributed by atoms with Gasteiger partial charge in [-0.25, -0.2) is 4.98 Å². The highest BCUT2D eigenvalue weighted by Crippen LogP contribution is 2.18. The molecule has 0 aromatic carbocycles. The summed E-state index contributed by atoms with van der Waals surface area (Å²) in [5.41, 5.74) is 2.47. The van der Waals surface area contributed by atoms with E-state index < -0.39 is 0 Å². The molecule has 1 unspecified atom stereocenters. The third-order valence-corrected chi connectivity index (χ3v) is 4.97. The van der Waals surface area contributed by atoms with E-state index in [2.05, 4.69) is 34.3 Å². The lowest BCUT2D eigenvalue weighted by Crippen LogP contribution is -2.31. The van der Waals surface area contributed by atoms with E-state index in [1.165, 1.54) is 29.1 Å². The van der Waals surface area contributed by atoms with Gasteiger partial charge in [0, 0.05) is 44.0 Å². The highest BCUT2D eigenvalue weighted by Gasteiger charge is 2.20. The van der Waals surface area contributed by atoms with Gasteiger partial charge in [0.2, 0.25) is 0 Å². The van der Waals surface area contributed by atoms with Crippen LogP contribution in [0.1, 0.15) is 36.0 Å². The van der Waals surface area contributed by atoms with Crippen LogP contribution in [0.15, 0.2) is 29.9 Å². The van der Waals surface area contributed by atoms with Crippen molar-refractivity contribution in [3.05, 3.63) is 46.2 Å². The molecule has 1 aliphatic heterocycles. The normalized spacial score (nSPS) is 18.2. The van der Waals surface area contributed by atoms with Crippen LogP contribution in [0.3, 0.4) is 0 Å². The lowest BCUT2D eigenvalue weighted by molar-refractivity contribution is 0.0675. The Morgan fingerprint density at radius 2 is 2.18 bits per heavy atom. The van der Waals surface area contributed by atoms with Gasteiger partial charge in [-0.3, -0.25) is 9.88 Å². The molecule has 3 rings (SSSR count). The molecule has 1 saturated heterocycles. The van der Waals surface area contributed by atoms with Crippen LogP contribution in [0.25, 0.3) is 0 Å². The first kappa shape index (κ1) is 15.6. The third-order valence-electron chi connectivity index (χ3n) is 3.93. The fourth-order valence-electron chi connectivity index (χ4n) is 2.82. The highest BCUT2D eigenvalue weighted by atomic mass is 32.1. The summed E-state index contributed by atoms with van der Waals surface area (Å²) >= 11 is 1.76. The molecule has 1 atom stereocenters. The van der Waals surface area contributed by atoms with Gasteiger partial charge in [-0.2, -0.15) is 0 Å². The van der Waals surface area contributed by atoms with Crippen LogP contribution in [-0.2, 0) is 24.2 Å². The van der Waals surface area contributed by atoms with Gasteiger partial charge < -0.3 is 4.74 Å². The van der Waals surface area contributed by atoms with Gasteiger partial charge in [0.15, 0.2) is 0 Å². The Hall–Kier alpha value is -1.30. The molecule has 0 saturated carbocycles. The Bertz CT molecular complexity index is 566. The fraction of sp³-hybridized carbons (Fsp3) is 0.529. The number of ether oxygens (including phenoxy) is 1. The van der Waals surface area contributed by atoms with Crippen molar-refractivity contribution in [2.24, 2.45) is 0 Å². The Morgan fingerprint density at radius 3 is 2.86 bits per heavy atom. The second-order valence-corrected chi connectivity index (χ2v) is 6.69. The first-order valence-corrected chi connectivity index (χ1v) is 8.87. The average Bonchev–Trinajstić information content (AvgIpc) is 3.20. The fourth-order valence-corrected chi connectivity index (χ4v) is 3.56. The number of rotatable bonds is 7. The number of aromatic nitrogens is 2. The van der Waals surface area contributed by atoms with Crippen molar-refractivity contribution in [1.82, 2.24) is 14.9 Å². The van der Waals surface area contributed by atoms with Crippen LogP contribution in [0.2, 0.25) is 0 Å². The summed E-state index contributed by atoms with van der Waals surface area (Å²) in [7, 11) is 0.